The molecule has 2 aromatic rings. The summed E-state index contributed by atoms with van der Waals surface area (Å²) >= 11 is 0. The predicted molar refractivity (Wildman–Crippen MR) is 78.7 cm³/mol. The number of furan rings is 1. The first-order valence-electron chi connectivity index (χ1n) is 7.49. The quantitative estimate of drug-likeness (QED) is 0.928. The molecule has 1 fully saturated rings. The van der Waals surface area contributed by atoms with Gasteiger partial charge in [-0.2, -0.15) is 4.98 Å². The molecular weight excluding hydrogens is 284 g/mol. The number of carbonyl (C=O) groups is 1. The minimum Gasteiger partial charge on any atom is -0.466 e. The van der Waals surface area contributed by atoms with E-state index in [1.54, 1.807) is 4.90 Å². The molecule has 0 saturated carbocycles. The second-order valence-corrected chi connectivity index (χ2v) is 5.70. The first kappa shape index (κ1) is 14.8. The van der Waals surface area contributed by atoms with Gasteiger partial charge in [-0.3, -0.25) is 4.79 Å². The molecule has 1 unspecified atom stereocenters. The third-order valence-electron chi connectivity index (χ3n) is 3.90. The van der Waals surface area contributed by atoms with Crippen LogP contribution >= 0.6 is 0 Å². The third kappa shape index (κ3) is 2.89. The number of hydrogen-bond donors (Lipinski definition) is 1. The second-order valence-electron chi connectivity index (χ2n) is 5.70. The molecule has 1 amide bonds. The summed E-state index contributed by atoms with van der Waals surface area (Å²) in [4.78, 5) is 18.2. The van der Waals surface area contributed by atoms with Crippen molar-refractivity contribution in [2.24, 2.45) is 5.73 Å². The number of rotatable bonds is 3. The monoisotopic (exact) mass is 304 g/mol. The number of aryl methyl sites for hydroxylation is 2. The Morgan fingerprint density at radius 3 is 2.95 bits per heavy atom. The Hall–Kier alpha value is -2.15. The van der Waals surface area contributed by atoms with E-state index in [9.17, 15) is 4.79 Å². The summed E-state index contributed by atoms with van der Waals surface area (Å²) in [6.07, 6.45) is 2.64. The molecule has 0 radical (unpaired) electrons. The zero-order chi connectivity index (χ0) is 15.7. The molecule has 22 heavy (non-hydrogen) atoms. The minimum absolute atomic E-state index is 0.0485. The van der Waals surface area contributed by atoms with Gasteiger partial charge < -0.3 is 19.6 Å². The number of aromatic nitrogens is 2. The Bertz CT molecular complexity index is 676. The van der Waals surface area contributed by atoms with E-state index < -0.39 is 6.04 Å². The van der Waals surface area contributed by atoms with Crippen LogP contribution in [0.1, 0.15) is 36.7 Å². The number of amides is 1. The smallest absolute Gasteiger partial charge is 0.246 e. The van der Waals surface area contributed by atoms with Gasteiger partial charge in [0, 0.05) is 6.54 Å². The van der Waals surface area contributed by atoms with Crippen molar-refractivity contribution in [3.63, 3.8) is 0 Å². The fourth-order valence-electron chi connectivity index (χ4n) is 2.74. The Morgan fingerprint density at radius 2 is 2.23 bits per heavy atom. The van der Waals surface area contributed by atoms with Crippen molar-refractivity contribution in [3.05, 3.63) is 23.5 Å². The molecule has 1 aliphatic rings. The molecule has 0 spiro atoms. The summed E-state index contributed by atoms with van der Waals surface area (Å²) in [6.45, 7) is 4.70. The van der Waals surface area contributed by atoms with E-state index in [1.165, 1.54) is 0 Å². The molecule has 2 aromatic heterocycles. The minimum atomic E-state index is -0.427. The van der Waals surface area contributed by atoms with Crippen molar-refractivity contribution in [2.45, 2.75) is 45.7 Å². The standard InChI is InChI=1S/C15H20N4O3/c1-9-7-11(10(2)21-9)14-17-13(22-18-14)8-19-6-4-3-5-12(16)15(19)20/h7,12H,3-6,8,16H2,1-2H3. The third-order valence-corrected chi connectivity index (χ3v) is 3.90. The van der Waals surface area contributed by atoms with Crippen molar-refractivity contribution < 1.29 is 13.7 Å². The molecule has 7 heteroatoms. The van der Waals surface area contributed by atoms with E-state index in [0.717, 1.165) is 36.3 Å². The van der Waals surface area contributed by atoms with Crippen LogP contribution in [0, 0.1) is 13.8 Å². The van der Waals surface area contributed by atoms with E-state index in [-0.39, 0.29) is 5.91 Å². The Kier molecular flexibility index (Phi) is 3.98. The van der Waals surface area contributed by atoms with Crippen LogP contribution in [-0.2, 0) is 11.3 Å². The summed E-state index contributed by atoms with van der Waals surface area (Å²) < 4.78 is 10.7. The van der Waals surface area contributed by atoms with Crippen LogP contribution in [0.5, 0.6) is 0 Å². The first-order chi connectivity index (χ1) is 10.5. The maximum atomic E-state index is 12.2. The second kappa shape index (κ2) is 5.92. The average molecular weight is 304 g/mol. The van der Waals surface area contributed by atoms with Crippen molar-refractivity contribution in [1.82, 2.24) is 15.0 Å². The SMILES string of the molecule is Cc1cc(-c2noc(CN3CCCCC(N)C3=O)n2)c(C)o1. The lowest BCUT2D eigenvalue weighted by molar-refractivity contribution is -0.133. The van der Waals surface area contributed by atoms with Gasteiger partial charge in [-0.15, -0.1) is 0 Å². The van der Waals surface area contributed by atoms with E-state index in [2.05, 4.69) is 10.1 Å². The van der Waals surface area contributed by atoms with Gasteiger partial charge in [-0.1, -0.05) is 5.16 Å². The van der Waals surface area contributed by atoms with Crippen LogP contribution in [0.25, 0.3) is 11.4 Å². The van der Waals surface area contributed by atoms with Crippen LogP contribution in [0.15, 0.2) is 15.0 Å². The van der Waals surface area contributed by atoms with Gasteiger partial charge >= 0.3 is 0 Å². The molecule has 118 valence electrons. The van der Waals surface area contributed by atoms with Crippen molar-refractivity contribution in [2.75, 3.05) is 6.54 Å². The normalized spacial score (nSPS) is 19.5. The number of nitrogens with two attached hydrogens (primary N) is 1. The molecule has 7 nitrogen and oxygen atoms in total. The topological polar surface area (TPSA) is 98.4 Å². The molecule has 0 bridgehead atoms. The highest BCUT2D eigenvalue weighted by atomic mass is 16.5. The van der Waals surface area contributed by atoms with E-state index in [4.69, 9.17) is 14.7 Å². The molecule has 1 atom stereocenters. The lowest BCUT2D eigenvalue weighted by Gasteiger charge is -2.20. The van der Waals surface area contributed by atoms with Crippen LogP contribution in [0.2, 0.25) is 0 Å². The fourth-order valence-corrected chi connectivity index (χ4v) is 2.74. The van der Waals surface area contributed by atoms with Gasteiger partial charge in [-0.05, 0) is 39.2 Å². The summed E-state index contributed by atoms with van der Waals surface area (Å²) in [6, 6.07) is 1.44. The summed E-state index contributed by atoms with van der Waals surface area (Å²) in [5, 5.41) is 3.98. The van der Waals surface area contributed by atoms with Gasteiger partial charge in [-0.25, -0.2) is 0 Å². The summed E-state index contributed by atoms with van der Waals surface area (Å²) in [5.74, 6) is 2.39. The van der Waals surface area contributed by atoms with Crippen molar-refractivity contribution >= 4 is 5.91 Å². The van der Waals surface area contributed by atoms with Crippen LogP contribution in [-0.4, -0.2) is 33.5 Å². The predicted octanol–water partition coefficient (Wildman–Crippen LogP) is 1.79. The van der Waals surface area contributed by atoms with Crippen molar-refractivity contribution in [1.29, 1.82) is 0 Å². The lowest BCUT2D eigenvalue weighted by Crippen LogP contribution is -2.41. The highest BCUT2D eigenvalue weighted by molar-refractivity contribution is 5.81. The summed E-state index contributed by atoms with van der Waals surface area (Å²) in [5.41, 5.74) is 6.68. The van der Waals surface area contributed by atoms with Gasteiger partial charge in [0.2, 0.25) is 17.6 Å². The maximum absolute atomic E-state index is 12.2. The maximum Gasteiger partial charge on any atom is 0.246 e. The van der Waals surface area contributed by atoms with E-state index in [1.807, 2.05) is 19.9 Å². The zero-order valence-electron chi connectivity index (χ0n) is 12.8. The van der Waals surface area contributed by atoms with Gasteiger partial charge in [0.25, 0.3) is 0 Å². The Labute approximate surface area is 128 Å². The molecule has 2 N–H and O–H groups in total. The van der Waals surface area contributed by atoms with Crippen molar-refractivity contribution in [3.8, 4) is 11.4 Å². The molecule has 1 aliphatic heterocycles. The van der Waals surface area contributed by atoms with Crippen LogP contribution in [0.3, 0.4) is 0 Å². The number of hydrogen-bond acceptors (Lipinski definition) is 6. The summed E-state index contributed by atoms with van der Waals surface area (Å²) in [7, 11) is 0. The highest BCUT2D eigenvalue weighted by Gasteiger charge is 2.25. The van der Waals surface area contributed by atoms with E-state index >= 15 is 0 Å². The van der Waals surface area contributed by atoms with Crippen LogP contribution < -0.4 is 5.73 Å². The first-order valence-corrected chi connectivity index (χ1v) is 7.49. The molecule has 0 aromatic carbocycles. The van der Waals surface area contributed by atoms with Gasteiger partial charge in [0.15, 0.2) is 0 Å². The number of nitrogens with zero attached hydrogens (tertiary/aromatic N) is 3. The Morgan fingerprint density at radius 1 is 1.41 bits per heavy atom. The molecule has 3 heterocycles. The fraction of sp³-hybridized carbons (Fsp3) is 0.533. The highest BCUT2D eigenvalue weighted by Crippen LogP contribution is 2.24. The molecule has 0 aliphatic carbocycles. The molecule has 1 saturated heterocycles. The average Bonchev–Trinajstić information content (AvgIpc) is 3.03. The van der Waals surface area contributed by atoms with Crippen LogP contribution in [0.4, 0.5) is 0 Å². The Balaban J connectivity index is 1.76. The molecular formula is C15H20N4O3. The lowest BCUT2D eigenvalue weighted by atomic mass is 10.1. The molecule has 3 rings (SSSR count). The van der Waals surface area contributed by atoms with Gasteiger partial charge in [0.05, 0.1) is 11.6 Å². The number of likely N-dealkylation sites (tertiary alicyclic amines) is 1. The van der Waals surface area contributed by atoms with E-state index in [0.29, 0.717) is 24.8 Å². The zero-order valence-corrected chi connectivity index (χ0v) is 12.8. The number of carbonyl (C=O) groups excluding carboxylic acids is 1. The van der Waals surface area contributed by atoms with Gasteiger partial charge in [0.1, 0.15) is 18.1 Å². The largest absolute Gasteiger partial charge is 0.466 e.